The number of aromatic nitrogens is 3. The first kappa shape index (κ1) is 18.7. The van der Waals surface area contributed by atoms with Gasteiger partial charge in [0.25, 0.3) is 0 Å². The molecule has 142 valence electrons. The van der Waals surface area contributed by atoms with Gasteiger partial charge in [0.05, 0.1) is 23.9 Å². The van der Waals surface area contributed by atoms with E-state index >= 15 is 0 Å². The molecule has 0 amide bonds. The number of aryl methyl sites for hydroxylation is 1. The molecule has 0 saturated carbocycles. The standard InChI is InChI=1S/C21H19N3O2S2/c1-13-22-19-20(28-13)18(15-9-10-16(25-2)17(11-15)26-3)23-24-21(19)27-12-14-7-5-4-6-8-14/h4-11H,12H2,1-3H3. The molecule has 0 radical (unpaired) electrons. The van der Waals surface area contributed by atoms with Crippen LogP contribution in [0, 0.1) is 6.92 Å². The molecule has 0 spiro atoms. The molecule has 0 fully saturated rings. The number of hydrogen-bond donors (Lipinski definition) is 0. The molecule has 2 heterocycles. The van der Waals surface area contributed by atoms with E-state index in [1.807, 2.05) is 43.3 Å². The van der Waals surface area contributed by atoms with Gasteiger partial charge in [0, 0.05) is 11.3 Å². The lowest BCUT2D eigenvalue weighted by Crippen LogP contribution is -1.95. The van der Waals surface area contributed by atoms with Crippen LogP contribution in [0.25, 0.3) is 21.5 Å². The second-order valence-corrected chi connectivity index (χ2v) is 8.28. The quantitative estimate of drug-likeness (QED) is 0.399. The van der Waals surface area contributed by atoms with Gasteiger partial charge >= 0.3 is 0 Å². The summed E-state index contributed by atoms with van der Waals surface area (Å²) in [4.78, 5) is 4.73. The average molecular weight is 410 g/mol. The molecular weight excluding hydrogens is 390 g/mol. The predicted octanol–water partition coefficient (Wildman–Crippen LogP) is 5.37. The Morgan fingerprint density at radius 3 is 2.50 bits per heavy atom. The van der Waals surface area contributed by atoms with E-state index in [2.05, 4.69) is 22.3 Å². The number of rotatable bonds is 6. The maximum atomic E-state index is 5.44. The summed E-state index contributed by atoms with van der Waals surface area (Å²) >= 11 is 3.29. The van der Waals surface area contributed by atoms with Gasteiger partial charge in [0.1, 0.15) is 16.2 Å². The minimum atomic E-state index is 0.665. The summed E-state index contributed by atoms with van der Waals surface area (Å²) < 4.78 is 11.8. The Morgan fingerprint density at radius 2 is 1.75 bits per heavy atom. The molecule has 0 saturated heterocycles. The molecule has 0 bridgehead atoms. The van der Waals surface area contributed by atoms with Gasteiger partial charge in [-0.25, -0.2) is 4.98 Å². The zero-order chi connectivity index (χ0) is 19.5. The van der Waals surface area contributed by atoms with Crippen molar-refractivity contribution in [1.82, 2.24) is 15.2 Å². The first-order valence-corrected chi connectivity index (χ1v) is 10.5. The number of ether oxygens (including phenoxy) is 2. The van der Waals surface area contributed by atoms with Gasteiger partial charge in [-0.3, -0.25) is 0 Å². The highest BCUT2D eigenvalue weighted by Crippen LogP contribution is 2.38. The van der Waals surface area contributed by atoms with Gasteiger partial charge in [-0.2, -0.15) is 0 Å². The Balaban J connectivity index is 1.73. The van der Waals surface area contributed by atoms with Gasteiger partial charge in [-0.05, 0) is 30.7 Å². The Labute approximate surface area is 171 Å². The van der Waals surface area contributed by atoms with E-state index in [1.165, 1.54) is 5.56 Å². The number of thiazole rings is 1. The molecule has 2 aromatic heterocycles. The fraction of sp³-hybridized carbons (Fsp3) is 0.190. The van der Waals surface area contributed by atoms with E-state index in [0.717, 1.165) is 37.3 Å². The van der Waals surface area contributed by atoms with Crippen LogP contribution in [0.2, 0.25) is 0 Å². The Hall–Kier alpha value is -2.64. The highest BCUT2D eigenvalue weighted by atomic mass is 32.2. The zero-order valence-corrected chi connectivity index (χ0v) is 17.4. The number of fused-ring (bicyclic) bond motifs is 1. The lowest BCUT2D eigenvalue weighted by Gasteiger charge is -2.10. The van der Waals surface area contributed by atoms with Crippen molar-refractivity contribution in [3.63, 3.8) is 0 Å². The zero-order valence-electron chi connectivity index (χ0n) is 15.8. The fourth-order valence-corrected chi connectivity index (χ4v) is 4.79. The lowest BCUT2D eigenvalue weighted by atomic mass is 10.1. The van der Waals surface area contributed by atoms with Gasteiger partial charge in [-0.1, -0.05) is 42.1 Å². The number of nitrogens with zero attached hydrogens (tertiary/aromatic N) is 3. The summed E-state index contributed by atoms with van der Waals surface area (Å²) in [6.07, 6.45) is 0. The van der Waals surface area contributed by atoms with Crippen LogP contribution in [-0.2, 0) is 5.75 Å². The summed E-state index contributed by atoms with van der Waals surface area (Å²) in [5.74, 6) is 2.18. The third kappa shape index (κ3) is 3.68. The molecule has 0 aliphatic heterocycles. The van der Waals surface area contributed by atoms with Crippen molar-refractivity contribution in [2.45, 2.75) is 17.7 Å². The molecule has 4 rings (SSSR count). The molecule has 0 aliphatic carbocycles. The van der Waals surface area contributed by atoms with Crippen LogP contribution in [0.1, 0.15) is 10.6 Å². The minimum absolute atomic E-state index is 0.665. The molecule has 0 aliphatic rings. The first-order chi connectivity index (χ1) is 13.7. The second-order valence-electron chi connectivity index (χ2n) is 6.11. The molecule has 4 aromatic rings. The Morgan fingerprint density at radius 1 is 0.964 bits per heavy atom. The molecule has 28 heavy (non-hydrogen) atoms. The van der Waals surface area contributed by atoms with Crippen molar-refractivity contribution in [2.24, 2.45) is 0 Å². The van der Waals surface area contributed by atoms with Crippen LogP contribution < -0.4 is 9.47 Å². The summed E-state index contributed by atoms with van der Waals surface area (Å²) in [5, 5.41) is 10.9. The van der Waals surface area contributed by atoms with Crippen molar-refractivity contribution < 1.29 is 9.47 Å². The smallest absolute Gasteiger partial charge is 0.161 e. The summed E-state index contributed by atoms with van der Waals surface area (Å²) in [7, 11) is 3.25. The SMILES string of the molecule is COc1ccc(-c2nnc(SCc3ccccc3)c3nc(C)sc23)cc1OC. The van der Waals surface area contributed by atoms with E-state index in [-0.39, 0.29) is 0 Å². The normalized spacial score (nSPS) is 11.0. The monoisotopic (exact) mass is 409 g/mol. The van der Waals surface area contributed by atoms with Crippen LogP contribution in [0.5, 0.6) is 11.5 Å². The van der Waals surface area contributed by atoms with E-state index in [0.29, 0.717) is 11.5 Å². The highest BCUT2D eigenvalue weighted by molar-refractivity contribution is 7.98. The Kier molecular flexibility index (Phi) is 5.45. The van der Waals surface area contributed by atoms with Crippen LogP contribution in [0.3, 0.4) is 0 Å². The highest BCUT2D eigenvalue weighted by Gasteiger charge is 2.17. The van der Waals surface area contributed by atoms with Crippen molar-refractivity contribution in [3.05, 3.63) is 59.1 Å². The van der Waals surface area contributed by atoms with E-state index in [9.17, 15) is 0 Å². The van der Waals surface area contributed by atoms with Crippen molar-refractivity contribution in [2.75, 3.05) is 14.2 Å². The molecule has 0 N–H and O–H groups in total. The molecule has 7 heteroatoms. The maximum Gasteiger partial charge on any atom is 0.161 e. The summed E-state index contributed by atoms with van der Waals surface area (Å²) in [6, 6.07) is 16.1. The molecule has 2 aromatic carbocycles. The molecule has 0 atom stereocenters. The second kappa shape index (κ2) is 8.16. The van der Waals surface area contributed by atoms with Gasteiger partial charge < -0.3 is 9.47 Å². The van der Waals surface area contributed by atoms with Crippen LogP contribution in [0.15, 0.2) is 53.6 Å². The van der Waals surface area contributed by atoms with E-state index in [4.69, 9.17) is 14.5 Å². The molecular formula is C21H19N3O2S2. The summed E-state index contributed by atoms with van der Waals surface area (Å²) in [6.45, 7) is 2.01. The van der Waals surface area contributed by atoms with Crippen LogP contribution in [0.4, 0.5) is 0 Å². The van der Waals surface area contributed by atoms with E-state index < -0.39 is 0 Å². The minimum Gasteiger partial charge on any atom is -0.493 e. The largest absolute Gasteiger partial charge is 0.493 e. The average Bonchev–Trinajstić information content (AvgIpc) is 3.13. The fourth-order valence-electron chi connectivity index (χ4n) is 2.92. The number of thioether (sulfide) groups is 1. The lowest BCUT2D eigenvalue weighted by molar-refractivity contribution is 0.355. The summed E-state index contributed by atoms with van der Waals surface area (Å²) in [5.41, 5.74) is 3.89. The van der Waals surface area contributed by atoms with Crippen molar-refractivity contribution in [3.8, 4) is 22.8 Å². The van der Waals surface area contributed by atoms with Gasteiger partial charge in [-0.15, -0.1) is 21.5 Å². The maximum absolute atomic E-state index is 5.44. The third-order valence-corrected chi connectivity index (χ3v) is 6.27. The molecule has 0 unspecified atom stereocenters. The third-order valence-electron chi connectivity index (χ3n) is 4.27. The van der Waals surface area contributed by atoms with Crippen molar-refractivity contribution >= 4 is 33.3 Å². The number of hydrogen-bond acceptors (Lipinski definition) is 7. The predicted molar refractivity (Wildman–Crippen MR) is 114 cm³/mol. The number of methoxy groups -OCH3 is 2. The first-order valence-electron chi connectivity index (χ1n) is 8.72. The van der Waals surface area contributed by atoms with Gasteiger partial charge in [0.15, 0.2) is 11.5 Å². The Bertz CT molecular complexity index is 1110. The van der Waals surface area contributed by atoms with Crippen molar-refractivity contribution in [1.29, 1.82) is 0 Å². The molecule has 5 nitrogen and oxygen atoms in total. The van der Waals surface area contributed by atoms with E-state index in [1.54, 1.807) is 37.3 Å². The number of benzene rings is 2. The van der Waals surface area contributed by atoms with Gasteiger partial charge in [0.2, 0.25) is 0 Å². The van der Waals surface area contributed by atoms with Crippen LogP contribution >= 0.6 is 23.1 Å². The van der Waals surface area contributed by atoms with Crippen LogP contribution in [-0.4, -0.2) is 29.4 Å². The topological polar surface area (TPSA) is 57.1 Å².